The highest BCUT2D eigenvalue weighted by Crippen LogP contribution is 2.13. The summed E-state index contributed by atoms with van der Waals surface area (Å²) < 4.78 is 0. The molecule has 0 aromatic heterocycles. The highest BCUT2D eigenvalue weighted by atomic mass is 32.2. The Balaban J connectivity index is 3.11. The van der Waals surface area contributed by atoms with E-state index in [9.17, 15) is 29.4 Å². The molecule has 3 amide bonds. The summed E-state index contributed by atoms with van der Waals surface area (Å²) in [4.78, 5) is 50.8. The highest BCUT2D eigenvalue weighted by molar-refractivity contribution is 7.98. The second-order valence-electron chi connectivity index (χ2n) is 8.87. The Hall–Kier alpha value is -2.44. The van der Waals surface area contributed by atoms with E-state index in [0.29, 0.717) is 29.9 Å². The van der Waals surface area contributed by atoms with Crippen molar-refractivity contribution >= 4 is 47.2 Å². The molecule has 0 aliphatic carbocycles. The molecule has 0 bridgehead atoms. The second-order valence-corrected chi connectivity index (χ2v) is 10.8. The number of nitrogens with two attached hydrogens (primary N) is 1. The van der Waals surface area contributed by atoms with Crippen LogP contribution in [0.1, 0.15) is 38.7 Å². The third-order valence-corrected chi connectivity index (χ3v) is 7.29. The summed E-state index contributed by atoms with van der Waals surface area (Å²) in [5, 5.41) is 27.1. The van der Waals surface area contributed by atoms with Gasteiger partial charge in [0.15, 0.2) is 0 Å². The van der Waals surface area contributed by atoms with Crippen LogP contribution in [0.15, 0.2) is 24.3 Å². The molecule has 12 heteroatoms. The van der Waals surface area contributed by atoms with Gasteiger partial charge >= 0.3 is 5.97 Å². The minimum atomic E-state index is -1.14. The van der Waals surface area contributed by atoms with E-state index in [-0.39, 0.29) is 24.5 Å². The zero-order chi connectivity index (χ0) is 28.0. The van der Waals surface area contributed by atoms with Gasteiger partial charge in [0.2, 0.25) is 17.7 Å². The van der Waals surface area contributed by atoms with Gasteiger partial charge in [0, 0.05) is 6.42 Å². The lowest BCUT2D eigenvalue weighted by Gasteiger charge is -2.26. The highest BCUT2D eigenvalue weighted by Gasteiger charge is 2.31. The summed E-state index contributed by atoms with van der Waals surface area (Å²) in [6.45, 7) is 3.57. The number of aliphatic carboxylic acids is 1. The number of carboxylic acids is 1. The lowest BCUT2D eigenvalue weighted by molar-refractivity contribution is -0.143. The number of hydrogen-bond donors (Lipinski definition) is 6. The Morgan fingerprint density at radius 3 is 1.97 bits per heavy atom. The van der Waals surface area contributed by atoms with Crippen molar-refractivity contribution < 1.29 is 29.4 Å². The minimum absolute atomic E-state index is 0.0657. The molecule has 0 fully saturated rings. The van der Waals surface area contributed by atoms with Crippen molar-refractivity contribution in [3.8, 4) is 5.75 Å². The summed E-state index contributed by atoms with van der Waals surface area (Å²) in [6, 6.07) is 2.31. The first-order valence-electron chi connectivity index (χ1n) is 12.2. The summed E-state index contributed by atoms with van der Waals surface area (Å²) in [6.07, 6.45) is 5.14. The van der Waals surface area contributed by atoms with Crippen LogP contribution in [0.4, 0.5) is 0 Å². The quantitative estimate of drug-likeness (QED) is 0.166. The Morgan fingerprint density at radius 1 is 0.892 bits per heavy atom. The van der Waals surface area contributed by atoms with Crippen LogP contribution in [0.25, 0.3) is 0 Å². The van der Waals surface area contributed by atoms with Crippen molar-refractivity contribution in [1.29, 1.82) is 0 Å². The average molecular weight is 557 g/mol. The molecule has 208 valence electrons. The fraction of sp³-hybridized carbons (Fsp3) is 0.600. The third kappa shape index (κ3) is 11.7. The van der Waals surface area contributed by atoms with E-state index in [1.807, 2.05) is 19.4 Å². The number of nitrogens with one attached hydrogen (secondary N) is 3. The fourth-order valence-corrected chi connectivity index (χ4v) is 4.41. The normalized spacial score (nSPS) is 15.1. The van der Waals surface area contributed by atoms with Crippen molar-refractivity contribution in [2.75, 3.05) is 24.0 Å². The monoisotopic (exact) mass is 556 g/mol. The predicted octanol–water partition coefficient (Wildman–Crippen LogP) is 1.35. The molecule has 1 aromatic rings. The first-order valence-corrected chi connectivity index (χ1v) is 15.0. The summed E-state index contributed by atoms with van der Waals surface area (Å²) in [7, 11) is 0. The van der Waals surface area contributed by atoms with Gasteiger partial charge in [0.05, 0.1) is 6.04 Å². The number of amides is 3. The molecule has 0 aliphatic rings. The van der Waals surface area contributed by atoms with Gasteiger partial charge in [-0.05, 0) is 60.5 Å². The molecular formula is C25H40N4O6S2. The number of carbonyl (C=O) groups is 4. The molecule has 0 radical (unpaired) electrons. The molecular weight excluding hydrogens is 516 g/mol. The molecule has 0 heterocycles. The molecule has 0 saturated heterocycles. The van der Waals surface area contributed by atoms with E-state index < -0.39 is 47.9 Å². The van der Waals surface area contributed by atoms with Gasteiger partial charge < -0.3 is 31.9 Å². The van der Waals surface area contributed by atoms with Crippen molar-refractivity contribution in [2.45, 2.75) is 63.7 Å². The molecule has 0 aliphatic heterocycles. The summed E-state index contributed by atoms with van der Waals surface area (Å²) >= 11 is 3.04. The van der Waals surface area contributed by atoms with Crippen LogP contribution in [0.5, 0.6) is 5.75 Å². The van der Waals surface area contributed by atoms with Crippen LogP contribution in [0, 0.1) is 5.92 Å². The standard InChI is InChI=1S/C25H40N4O6S2/c1-5-15(2)21(25(34)35)29-23(32)19(11-13-37-4)27-24(33)20(14-16-6-8-17(30)9-7-16)28-22(31)18(26)10-12-36-3/h6-9,15,18-21,30H,5,10-14,26H2,1-4H3,(H,27,33)(H,28,31)(H,29,32)(H,34,35). The number of phenols is 1. The Bertz CT molecular complexity index is 886. The van der Waals surface area contributed by atoms with Gasteiger partial charge in [-0.3, -0.25) is 14.4 Å². The molecule has 10 nitrogen and oxygen atoms in total. The molecule has 7 N–H and O–H groups in total. The van der Waals surface area contributed by atoms with Crippen LogP contribution in [0.2, 0.25) is 0 Å². The van der Waals surface area contributed by atoms with Crippen molar-refractivity contribution in [3.63, 3.8) is 0 Å². The number of phenolic OH excluding ortho intramolecular Hbond substituents is 1. The molecule has 37 heavy (non-hydrogen) atoms. The van der Waals surface area contributed by atoms with E-state index in [1.165, 1.54) is 23.9 Å². The Morgan fingerprint density at radius 2 is 1.43 bits per heavy atom. The topological polar surface area (TPSA) is 171 Å². The summed E-state index contributed by atoms with van der Waals surface area (Å²) in [5.74, 6) is -1.82. The van der Waals surface area contributed by atoms with Crippen LogP contribution >= 0.6 is 23.5 Å². The molecule has 5 atom stereocenters. The largest absolute Gasteiger partial charge is 0.508 e. The molecule has 1 aromatic carbocycles. The number of carbonyl (C=O) groups excluding carboxylic acids is 3. The maximum atomic E-state index is 13.4. The summed E-state index contributed by atoms with van der Waals surface area (Å²) in [5.41, 5.74) is 6.68. The predicted molar refractivity (Wildman–Crippen MR) is 149 cm³/mol. The Kier molecular flexibility index (Phi) is 15.1. The third-order valence-electron chi connectivity index (χ3n) is 6.00. The van der Waals surface area contributed by atoms with Crippen LogP contribution in [-0.2, 0) is 25.6 Å². The van der Waals surface area contributed by atoms with Gasteiger partial charge in [-0.25, -0.2) is 4.79 Å². The van der Waals surface area contributed by atoms with E-state index in [2.05, 4.69) is 16.0 Å². The number of hydrogen-bond acceptors (Lipinski definition) is 8. The van der Waals surface area contributed by atoms with E-state index in [1.54, 1.807) is 30.8 Å². The van der Waals surface area contributed by atoms with Gasteiger partial charge in [-0.15, -0.1) is 0 Å². The average Bonchev–Trinajstić information content (AvgIpc) is 2.87. The van der Waals surface area contributed by atoms with Crippen LogP contribution in [0.3, 0.4) is 0 Å². The van der Waals surface area contributed by atoms with Crippen molar-refractivity contribution in [3.05, 3.63) is 29.8 Å². The van der Waals surface area contributed by atoms with E-state index >= 15 is 0 Å². The zero-order valence-corrected chi connectivity index (χ0v) is 23.5. The van der Waals surface area contributed by atoms with E-state index in [0.717, 1.165) is 0 Å². The fourth-order valence-electron chi connectivity index (χ4n) is 3.45. The zero-order valence-electron chi connectivity index (χ0n) is 21.9. The Labute approximate surface area is 227 Å². The SMILES string of the molecule is CCC(C)C(NC(=O)C(CCSC)NC(=O)C(Cc1ccc(O)cc1)NC(=O)C(N)CCSC)C(=O)O. The van der Waals surface area contributed by atoms with Gasteiger partial charge in [0.25, 0.3) is 0 Å². The van der Waals surface area contributed by atoms with Gasteiger partial charge in [-0.2, -0.15) is 23.5 Å². The lowest BCUT2D eigenvalue weighted by Crippen LogP contribution is -2.58. The molecule has 0 saturated carbocycles. The number of aromatic hydroxyl groups is 1. The molecule has 0 spiro atoms. The number of rotatable bonds is 17. The van der Waals surface area contributed by atoms with Crippen molar-refractivity contribution in [1.82, 2.24) is 16.0 Å². The molecule has 1 rings (SSSR count). The first kappa shape index (κ1) is 32.6. The number of thioether (sulfide) groups is 2. The molecule has 5 unspecified atom stereocenters. The van der Waals surface area contributed by atoms with Gasteiger partial charge in [0.1, 0.15) is 23.9 Å². The number of benzene rings is 1. The maximum Gasteiger partial charge on any atom is 0.326 e. The lowest BCUT2D eigenvalue weighted by atomic mass is 9.98. The van der Waals surface area contributed by atoms with Crippen molar-refractivity contribution in [2.24, 2.45) is 11.7 Å². The van der Waals surface area contributed by atoms with Crippen LogP contribution < -0.4 is 21.7 Å². The second kappa shape index (κ2) is 17.1. The first-order chi connectivity index (χ1) is 17.5. The van der Waals surface area contributed by atoms with Gasteiger partial charge in [-0.1, -0.05) is 32.4 Å². The van der Waals surface area contributed by atoms with E-state index in [4.69, 9.17) is 5.73 Å². The number of carboxylic acid groups (broad SMARTS) is 1. The van der Waals surface area contributed by atoms with Crippen LogP contribution in [-0.4, -0.2) is 82.1 Å². The smallest absolute Gasteiger partial charge is 0.326 e. The maximum absolute atomic E-state index is 13.4. The minimum Gasteiger partial charge on any atom is -0.508 e.